The molecule has 0 bridgehead atoms. The van der Waals surface area contributed by atoms with E-state index in [0.29, 0.717) is 30.0 Å². The summed E-state index contributed by atoms with van der Waals surface area (Å²) in [6.45, 7) is 8.87. The second-order valence-electron chi connectivity index (χ2n) is 10.7. The number of carbonyl (C=O) groups is 3. The van der Waals surface area contributed by atoms with Gasteiger partial charge in [0.1, 0.15) is 5.78 Å². The lowest BCUT2D eigenvalue weighted by atomic mass is 9.79. The molecule has 198 valence electrons. The number of hydrogen-bond acceptors (Lipinski definition) is 6. The summed E-state index contributed by atoms with van der Waals surface area (Å²) < 4.78 is 10.4. The molecule has 0 aliphatic heterocycles. The number of esters is 1. The fraction of sp³-hybridized carbons (Fsp3) is 0.893. The molecule has 3 atom stereocenters. The van der Waals surface area contributed by atoms with Gasteiger partial charge in [-0.05, 0) is 56.3 Å². The number of rotatable bonds is 20. The van der Waals surface area contributed by atoms with Gasteiger partial charge in [0.25, 0.3) is 0 Å². The first-order valence-corrected chi connectivity index (χ1v) is 13.7. The van der Waals surface area contributed by atoms with E-state index in [0.717, 1.165) is 38.5 Å². The Labute approximate surface area is 207 Å². The average Bonchev–Trinajstić information content (AvgIpc) is 3.15. The third-order valence-electron chi connectivity index (χ3n) is 7.19. The second kappa shape index (κ2) is 17.2. The summed E-state index contributed by atoms with van der Waals surface area (Å²) >= 11 is 0. The quantitative estimate of drug-likeness (QED) is 0.134. The van der Waals surface area contributed by atoms with Crippen LogP contribution in [0, 0.1) is 17.3 Å². The highest BCUT2D eigenvalue weighted by Crippen LogP contribution is 2.38. The lowest BCUT2D eigenvalue weighted by Gasteiger charge is -2.26. The molecule has 1 aliphatic carbocycles. The van der Waals surface area contributed by atoms with Gasteiger partial charge in [-0.1, -0.05) is 59.8 Å². The van der Waals surface area contributed by atoms with Crippen LogP contribution in [0.2, 0.25) is 0 Å². The van der Waals surface area contributed by atoms with Gasteiger partial charge in [-0.3, -0.25) is 9.59 Å². The van der Waals surface area contributed by atoms with Gasteiger partial charge in [0.15, 0.2) is 5.78 Å². The van der Waals surface area contributed by atoms with Crippen LogP contribution < -0.4 is 0 Å². The summed E-state index contributed by atoms with van der Waals surface area (Å²) in [5, 5.41) is 9.00. The molecule has 1 saturated carbocycles. The fourth-order valence-corrected chi connectivity index (χ4v) is 4.99. The molecule has 0 amide bonds. The van der Waals surface area contributed by atoms with Crippen molar-refractivity contribution in [1.29, 1.82) is 0 Å². The number of ketones is 2. The summed E-state index contributed by atoms with van der Waals surface area (Å²) in [6, 6.07) is 0. The Bertz CT molecular complexity index is 600. The van der Waals surface area contributed by atoms with Gasteiger partial charge < -0.3 is 14.6 Å². The SMILES string of the molecule is CCCCOC(=O)C(OCCO)C(=O)CCCC[C@H]1C(=O)CC[C@@H]1CCCC(C)(C)CCCC. The first-order valence-electron chi connectivity index (χ1n) is 13.7. The van der Waals surface area contributed by atoms with Crippen molar-refractivity contribution in [2.45, 2.75) is 124 Å². The molecule has 6 nitrogen and oxygen atoms in total. The minimum atomic E-state index is -1.26. The molecule has 0 saturated heterocycles. The van der Waals surface area contributed by atoms with E-state index in [1.54, 1.807) is 0 Å². The lowest BCUT2D eigenvalue weighted by molar-refractivity contribution is -0.162. The Morgan fingerprint density at radius 2 is 1.71 bits per heavy atom. The van der Waals surface area contributed by atoms with Crippen molar-refractivity contribution in [1.82, 2.24) is 0 Å². The molecular weight excluding hydrogens is 432 g/mol. The van der Waals surface area contributed by atoms with E-state index >= 15 is 0 Å². The van der Waals surface area contributed by atoms with E-state index in [2.05, 4.69) is 20.8 Å². The smallest absolute Gasteiger partial charge is 0.343 e. The number of hydrogen-bond donors (Lipinski definition) is 1. The van der Waals surface area contributed by atoms with Crippen LogP contribution in [0.1, 0.15) is 118 Å². The Hall–Kier alpha value is -1.27. The molecule has 1 rings (SSSR count). The van der Waals surface area contributed by atoms with Crippen molar-refractivity contribution >= 4 is 17.5 Å². The maximum atomic E-state index is 12.6. The Morgan fingerprint density at radius 1 is 1.00 bits per heavy atom. The van der Waals surface area contributed by atoms with Crippen LogP contribution in [0.4, 0.5) is 0 Å². The first kappa shape index (κ1) is 30.8. The van der Waals surface area contributed by atoms with E-state index < -0.39 is 12.1 Å². The number of carbonyl (C=O) groups excluding carboxylic acids is 3. The standard InChI is InChI=1S/C28H50O6/c1-5-7-17-28(3,4)18-11-12-22-15-16-24(30)23(22)13-9-10-14-25(31)26(33-21-19-29)27(32)34-20-8-6-2/h22-23,26,29H,5-21H2,1-4H3/t22-,23+,26?/m0/s1. The molecule has 0 heterocycles. The molecule has 0 radical (unpaired) electrons. The maximum absolute atomic E-state index is 12.6. The predicted octanol–water partition coefficient (Wildman–Crippen LogP) is 5.82. The molecule has 1 fully saturated rings. The molecule has 1 unspecified atom stereocenters. The normalized spacial score (nSPS) is 19.4. The predicted molar refractivity (Wildman–Crippen MR) is 135 cm³/mol. The van der Waals surface area contributed by atoms with E-state index in [-0.39, 0.29) is 37.9 Å². The third-order valence-corrected chi connectivity index (χ3v) is 7.19. The van der Waals surface area contributed by atoms with Crippen LogP contribution in [-0.2, 0) is 23.9 Å². The van der Waals surface area contributed by atoms with Gasteiger partial charge in [0.05, 0.1) is 19.8 Å². The zero-order chi connectivity index (χ0) is 25.4. The van der Waals surface area contributed by atoms with Crippen molar-refractivity contribution in [3.63, 3.8) is 0 Å². The van der Waals surface area contributed by atoms with Gasteiger partial charge in [-0.15, -0.1) is 0 Å². The topological polar surface area (TPSA) is 89.9 Å². The second-order valence-corrected chi connectivity index (χ2v) is 10.7. The van der Waals surface area contributed by atoms with Crippen LogP contribution in [0.15, 0.2) is 0 Å². The van der Waals surface area contributed by atoms with Gasteiger partial charge in [0.2, 0.25) is 6.10 Å². The Kier molecular flexibility index (Phi) is 15.6. The van der Waals surface area contributed by atoms with Gasteiger partial charge in [-0.2, -0.15) is 0 Å². The number of unbranched alkanes of at least 4 members (excludes halogenated alkanes) is 3. The average molecular weight is 483 g/mol. The van der Waals surface area contributed by atoms with Crippen LogP contribution in [0.25, 0.3) is 0 Å². The zero-order valence-corrected chi connectivity index (χ0v) is 22.2. The summed E-state index contributed by atoms with van der Waals surface area (Å²) in [4.78, 5) is 37.3. The molecule has 6 heteroatoms. The van der Waals surface area contributed by atoms with Gasteiger partial charge in [-0.25, -0.2) is 4.79 Å². The van der Waals surface area contributed by atoms with Crippen LogP contribution >= 0.6 is 0 Å². The molecule has 34 heavy (non-hydrogen) atoms. The maximum Gasteiger partial charge on any atom is 0.343 e. The molecule has 0 aromatic carbocycles. The number of ether oxygens (including phenoxy) is 2. The van der Waals surface area contributed by atoms with E-state index in [1.807, 2.05) is 6.92 Å². The number of aliphatic hydroxyl groups is 1. The summed E-state index contributed by atoms with van der Waals surface area (Å²) in [5.41, 5.74) is 0.376. The zero-order valence-electron chi connectivity index (χ0n) is 22.2. The van der Waals surface area contributed by atoms with Crippen molar-refractivity contribution in [3.05, 3.63) is 0 Å². The highest BCUT2D eigenvalue weighted by atomic mass is 16.6. The summed E-state index contributed by atoms with van der Waals surface area (Å²) in [7, 11) is 0. The molecular formula is C28H50O6. The fourth-order valence-electron chi connectivity index (χ4n) is 4.99. The van der Waals surface area contributed by atoms with Crippen molar-refractivity contribution < 1.29 is 29.0 Å². The largest absolute Gasteiger partial charge is 0.463 e. The van der Waals surface area contributed by atoms with Crippen LogP contribution in [0.3, 0.4) is 0 Å². The number of aliphatic hydroxyl groups excluding tert-OH is 1. The van der Waals surface area contributed by atoms with Gasteiger partial charge in [0, 0.05) is 18.8 Å². The van der Waals surface area contributed by atoms with Crippen LogP contribution in [0.5, 0.6) is 0 Å². The summed E-state index contributed by atoms with van der Waals surface area (Å²) in [6.07, 6.45) is 11.8. The lowest BCUT2D eigenvalue weighted by Crippen LogP contribution is -2.35. The van der Waals surface area contributed by atoms with E-state index in [4.69, 9.17) is 14.6 Å². The minimum Gasteiger partial charge on any atom is -0.463 e. The van der Waals surface area contributed by atoms with Gasteiger partial charge >= 0.3 is 5.97 Å². The van der Waals surface area contributed by atoms with Crippen molar-refractivity contribution in [3.8, 4) is 0 Å². The minimum absolute atomic E-state index is 0.0766. The highest BCUT2D eigenvalue weighted by molar-refractivity contribution is 6.02. The first-order chi connectivity index (χ1) is 16.3. The molecule has 1 N–H and O–H groups in total. The van der Waals surface area contributed by atoms with E-state index in [1.165, 1.54) is 32.1 Å². The summed E-state index contributed by atoms with van der Waals surface area (Å²) in [5.74, 6) is -0.00256. The van der Waals surface area contributed by atoms with Crippen molar-refractivity contribution in [2.75, 3.05) is 19.8 Å². The Morgan fingerprint density at radius 3 is 2.38 bits per heavy atom. The monoisotopic (exact) mass is 482 g/mol. The number of Topliss-reactive ketones (excluding diaryl/α,β-unsaturated/α-hetero) is 2. The van der Waals surface area contributed by atoms with Crippen molar-refractivity contribution in [2.24, 2.45) is 17.3 Å². The molecule has 0 spiro atoms. The third kappa shape index (κ3) is 11.9. The molecule has 1 aliphatic rings. The molecule has 0 aromatic heterocycles. The van der Waals surface area contributed by atoms with Crippen LogP contribution in [-0.4, -0.2) is 48.6 Å². The Balaban J connectivity index is 2.43. The highest BCUT2D eigenvalue weighted by Gasteiger charge is 2.34. The molecule has 0 aromatic rings. The van der Waals surface area contributed by atoms with E-state index in [9.17, 15) is 14.4 Å².